The normalized spacial score (nSPS) is 18.7. The Morgan fingerprint density at radius 3 is 2.38 bits per heavy atom. The summed E-state index contributed by atoms with van der Waals surface area (Å²) in [6.45, 7) is 8.26. The van der Waals surface area contributed by atoms with Crippen LogP contribution in [0.5, 0.6) is 0 Å². The van der Waals surface area contributed by atoms with Gasteiger partial charge in [0, 0.05) is 24.9 Å². The number of benzene rings is 1. The number of fused-ring (bicyclic) bond motifs is 3. The molecular formula is C21H28Br2N4O2. The number of hydrogen-bond donors (Lipinski definition) is 2. The Morgan fingerprint density at radius 2 is 1.72 bits per heavy atom. The van der Waals surface area contributed by atoms with Crippen molar-refractivity contribution < 1.29 is 10.2 Å². The summed E-state index contributed by atoms with van der Waals surface area (Å²) in [5.74, 6) is 0.897. The highest BCUT2D eigenvalue weighted by atomic mass is 79.9. The van der Waals surface area contributed by atoms with Crippen molar-refractivity contribution in [2.45, 2.75) is 32.6 Å². The topological polar surface area (TPSA) is 65.9 Å². The molecule has 29 heavy (non-hydrogen) atoms. The Morgan fingerprint density at radius 1 is 1.03 bits per heavy atom. The second-order valence-electron chi connectivity index (χ2n) is 6.93. The molecule has 0 aliphatic heterocycles. The Bertz CT molecular complexity index is 1020. The molecule has 0 saturated heterocycles. The smallest absolute Gasteiger partial charge is 0.215 e. The molecule has 1 aliphatic carbocycles. The van der Waals surface area contributed by atoms with Crippen LogP contribution >= 0.6 is 34.0 Å². The van der Waals surface area contributed by atoms with Gasteiger partial charge in [-0.25, -0.2) is 4.98 Å². The largest absolute Gasteiger partial charge is 0.386 e. The van der Waals surface area contributed by atoms with Gasteiger partial charge in [-0.2, -0.15) is 0 Å². The molecule has 2 atom stereocenters. The molecule has 0 bridgehead atoms. The summed E-state index contributed by atoms with van der Waals surface area (Å²) in [6, 6.07) is 8.33. The fourth-order valence-corrected chi connectivity index (χ4v) is 3.71. The zero-order valence-electron chi connectivity index (χ0n) is 16.6. The number of halogens is 2. The third-order valence-electron chi connectivity index (χ3n) is 5.36. The van der Waals surface area contributed by atoms with Gasteiger partial charge >= 0.3 is 0 Å². The van der Waals surface area contributed by atoms with E-state index in [9.17, 15) is 10.2 Å². The first kappa shape index (κ1) is 23.8. The summed E-state index contributed by atoms with van der Waals surface area (Å²) in [6.07, 6.45) is 5.35. The summed E-state index contributed by atoms with van der Waals surface area (Å²) < 4.78 is 4.37. The fourth-order valence-electron chi connectivity index (χ4n) is 3.71. The van der Waals surface area contributed by atoms with Gasteiger partial charge in [0.05, 0.1) is 16.7 Å². The predicted octanol–water partition coefficient (Wildman–Crippen LogP) is 3.46. The molecule has 3 aromatic rings. The number of hydrogen-bond acceptors (Lipinski definition) is 4. The lowest BCUT2D eigenvalue weighted by atomic mass is 10.0. The van der Waals surface area contributed by atoms with Crippen LogP contribution in [-0.2, 0) is 6.54 Å². The molecule has 2 N–H and O–H groups in total. The third-order valence-corrected chi connectivity index (χ3v) is 5.36. The van der Waals surface area contributed by atoms with Crippen molar-refractivity contribution in [3.8, 4) is 0 Å². The number of para-hydroxylation sites is 2. The van der Waals surface area contributed by atoms with Crippen molar-refractivity contribution in [1.29, 1.82) is 0 Å². The number of nitrogens with zero attached hydrogens (tertiary/aromatic N) is 4. The number of aliphatic hydroxyl groups is 2. The molecule has 4 rings (SSSR count). The highest BCUT2D eigenvalue weighted by molar-refractivity contribution is 8.93. The maximum Gasteiger partial charge on any atom is 0.215 e. The first-order valence-corrected chi connectivity index (χ1v) is 9.57. The zero-order valence-corrected chi connectivity index (χ0v) is 20.0. The predicted molar refractivity (Wildman–Crippen MR) is 128 cm³/mol. The van der Waals surface area contributed by atoms with Crippen molar-refractivity contribution in [1.82, 2.24) is 18.9 Å². The number of aromatic nitrogens is 3. The summed E-state index contributed by atoms with van der Waals surface area (Å²) >= 11 is 0. The molecule has 2 unspecified atom stereocenters. The fraction of sp³-hybridized carbons (Fsp3) is 0.381. The van der Waals surface area contributed by atoms with Crippen LogP contribution in [0.4, 0.5) is 0 Å². The number of imidazole rings is 2. The van der Waals surface area contributed by atoms with Crippen molar-refractivity contribution in [3.05, 3.63) is 54.4 Å². The van der Waals surface area contributed by atoms with Gasteiger partial charge in [0.1, 0.15) is 12.2 Å². The van der Waals surface area contributed by atoms with Crippen molar-refractivity contribution >= 4 is 56.3 Å². The third kappa shape index (κ3) is 4.51. The standard InChI is InChI=1S/C21H26N4O2.2BrH/c1-3-23(4-2)11-12-24-17-7-5-6-8-18(17)25-14-16(22-21(24)25)15-9-10-19(26)20(27)13-15;;/h5-10,13-14,19-20,26-27H,3-4,11-12H2,1-2H3;2*1H. The van der Waals surface area contributed by atoms with Crippen molar-refractivity contribution in [2.75, 3.05) is 19.6 Å². The molecule has 0 spiro atoms. The highest BCUT2D eigenvalue weighted by Crippen LogP contribution is 2.26. The van der Waals surface area contributed by atoms with Gasteiger partial charge in [0.2, 0.25) is 5.78 Å². The molecule has 0 saturated carbocycles. The van der Waals surface area contributed by atoms with Gasteiger partial charge in [0.15, 0.2) is 0 Å². The zero-order chi connectivity index (χ0) is 19.0. The van der Waals surface area contributed by atoms with Gasteiger partial charge in [-0.15, -0.1) is 34.0 Å². The molecule has 0 fully saturated rings. The lowest BCUT2D eigenvalue weighted by molar-refractivity contribution is 0.0799. The van der Waals surface area contributed by atoms with E-state index in [0.717, 1.165) is 48.7 Å². The second-order valence-corrected chi connectivity index (χ2v) is 6.93. The molecule has 8 heteroatoms. The minimum absolute atomic E-state index is 0. The Kier molecular flexibility index (Phi) is 8.25. The number of rotatable bonds is 6. The molecule has 2 aromatic heterocycles. The summed E-state index contributed by atoms with van der Waals surface area (Å²) in [7, 11) is 0. The van der Waals surface area contributed by atoms with Gasteiger partial charge in [-0.1, -0.05) is 38.1 Å². The quantitative estimate of drug-likeness (QED) is 0.515. The summed E-state index contributed by atoms with van der Waals surface area (Å²) in [4.78, 5) is 7.26. The molecular weight excluding hydrogens is 500 g/mol. The lowest BCUT2D eigenvalue weighted by Gasteiger charge is -2.18. The Labute approximate surface area is 191 Å². The second kappa shape index (κ2) is 10.0. The van der Waals surface area contributed by atoms with E-state index < -0.39 is 12.2 Å². The molecule has 2 heterocycles. The van der Waals surface area contributed by atoms with Gasteiger partial charge in [0.25, 0.3) is 0 Å². The average molecular weight is 528 g/mol. The molecule has 1 aliphatic rings. The van der Waals surface area contributed by atoms with Crippen LogP contribution in [0.1, 0.15) is 19.5 Å². The van der Waals surface area contributed by atoms with E-state index in [4.69, 9.17) is 4.98 Å². The number of allylic oxidation sites excluding steroid dienone is 2. The van der Waals surface area contributed by atoms with Gasteiger partial charge in [-0.3, -0.25) is 4.40 Å². The first-order chi connectivity index (χ1) is 13.1. The van der Waals surface area contributed by atoms with E-state index in [1.54, 1.807) is 12.2 Å². The van der Waals surface area contributed by atoms with Crippen molar-refractivity contribution in [3.63, 3.8) is 0 Å². The minimum atomic E-state index is -0.896. The van der Waals surface area contributed by atoms with E-state index in [0.29, 0.717) is 0 Å². The Hall–Kier alpha value is -1.45. The van der Waals surface area contributed by atoms with Crippen LogP contribution in [0.2, 0.25) is 0 Å². The van der Waals surface area contributed by atoms with Crippen LogP contribution < -0.4 is 0 Å². The van der Waals surface area contributed by atoms with Crippen LogP contribution in [-0.4, -0.2) is 60.9 Å². The number of aliphatic hydroxyl groups excluding tert-OH is 2. The Balaban J connectivity index is 0.00000150. The SMILES string of the molecule is Br.Br.CCN(CC)CCn1c2ccccc2n2cc(C3=CC(O)C(O)C=C3)nc12. The minimum Gasteiger partial charge on any atom is -0.386 e. The van der Waals surface area contributed by atoms with E-state index >= 15 is 0 Å². The maximum atomic E-state index is 9.94. The summed E-state index contributed by atoms with van der Waals surface area (Å²) in [5, 5.41) is 19.6. The molecule has 1 aromatic carbocycles. The maximum absolute atomic E-state index is 9.94. The van der Waals surface area contributed by atoms with E-state index in [2.05, 4.69) is 45.9 Å². The van der Waals surface area contributed by atoms with E-state index in [1.807, 2.05) is 18.3 Å². The average Bonchev–Trinajstić information content (AvgIpc) is 3.23. The molecule has 158 valence electrons. The first-order valence-electron chi connectivity index (χ1n) is 9.57. The number of likely N-dealkylation sites (N-methyl/N-ethyl adjacent to an activating group) is 1. The van der Waals surface area contributed by atoms with E-state index in [-0.39, 0.29) is 34.0 Å². The molecule has 0 radical (unpaired) electrons. The van der Waals surface area contributed by atoms with Crippen LogP contribution in [0, 0.1) is 0 Å². The van der Waals surface area contributed by atoms with Crippen LogP contribution in [0.3, 0.4) is 0 Å². The highest BCUT2D eigenvalue weighted by Gasteiger charge is 2.20. The monoisotopic (exact) mass is 526 g/mol. The van der Waals surface area contributed by atoms with Gasteiger partial charge < -0.3 is 19.7 Å². The molecule has 0 amide bonds. The molecule has 6 nitrogen and oxygen atoms in total. The van der Waals surface area contributed by atoms with Crippen molar-refractivity contribution in [2.24, 2.45) is 0 Å². The summed E-state index contributed by atoms with van der Waals surface area (Å²) in [5.41, 5.74) is 3.92. The van der Waals surface area contributed by atoms with Crippen LogP contribution in [0.25, 0.3) is 22.4 Å². The lowest BCUT2D eigenvalue weighted by Crippen LogP contribution is -2.27. The van der Waals surface area contributed by atoms with Crippen LogP contribution in [0.15, 0.2) is 48.7 Å². The van der Waals surface area contributed by atoms with Gasteiger partial charge in [-0.05, 0) is 31.3 Å². The van der Waals surface area contributed by atoms with E-state index in [1.165, 1.54) is 5.52 Å².